The molecule has 1 amide bonds. The highest BCUT2D eigenvalue weighted by Gasteiger charge is 2.40. The first-order valence-corrected chi connectivity index (χ1v) is 12.3. The standard InChI is InChI=1S/C26H25F4N5OS/c1-14(31-3)9-10-21(36)35-12-17(22-15(2)25(32-4)37-20(22)13-35)16-7-6-8-19(27)23(16)18-11-34(5)33-24(18)26(28,29)30/h6-11,14,17,31H,12-13H2,1-3,5H3/b10-9+/t14-,17-/m0/s1. The van der Waals surface area contributed by atoms with Gasteiger partial charge in [-0.15, -0.1) is 0 Å². The molecule has 0 bridgehead atoms. The van der Waals surface area contributed by atoms with Gasteiger partial charge in [0.2, 0.25) is 10.9 Å². The van der Waals surface area contributed by atoms with E-state index in [1.54, 1.807) is 31.0 Å². The molecule has 11 heteroatoms. The van der Waals surface area contributed by atoms with Crippen molar-refractivity contribution in [2.75, 3.05) is 13.6 Å². The average Bonchev–Trinajstić information content (AvgIpc) is 3.40. The number of aromatic nitrogens is 2. The number of carbonyl (C=O) groups is 1. The van der Waals surface area contributed by atoms with Gasteiger partial charge in [-0.1, -0.05) is 18.2 Å². The van der Waals surface area contributed by atoms with Crippen LogP contribution in [0.5, 0.6) is 0 Å². The Morgan fingerprint density at radius 2 is 2.11 bits per heavy atom. The quantitative estimate of drug-likeness (QED) is 0.257. The number of amides is 1. The van der Waals surface area contributed by atoms with Crippen LogP contribution in [0.25, 0.3) is 16.0 Å². The molecule has 4 rings (SSSR count). The van der Waals surface area contributed by atoms with E-state index in [2.05, 4.69) is 15.3 Å². The molecule has 0 radical (unpaired) electrons. The summed E-state index contributed by atoms with van der Waals surface area (Å²) in [6.45, 7) is 11.6. The Balaban J connectivity index is 1.90. The maximum atomic E-state index is 15.4. The van der Waals surface area contributed by atoms with E-state index in [1.807, 2.05) is 6.92 Å². The monoisotopic (exact) mass is 531 g/mol. The fourth-order valence-corrected chi connectivity index (χ4v) is 5.82. The number of halogens is 4. The van der Waals surface area contributed by atoms with Crippen LogP contribution in [-0.4, -0.2) is 40.2 Å². The third-order valence-corrected chi connectivity index (χ3v) is 7.70. The molecular weight excluding hydrogens is 506 g/mol. The van der Waals surface area contributed by atoms with Crippen molar-refractivity contribution in [3.63, 3.8) is 0 Å². The summed E-state index contributed by atoms with van der Waals surface area (Å²) in [6.07, 6.45) is -0.463. The van der Waals surface area contributed by atoms with Crippen molar-refractivity contribution in [2.45, 2.75) is 38.5 Å². The molecule has 0 saturated carbocycles. The lowest BCUT2D eigenvalue weighted by Gasteiger charge is -2.34. The van der Waals surface area contributed by atoms with Crippen LogP contribution >= 0.6 is 11.3 Å². The van der Waals surface area contributed by atoms with E-state index in [0.717, 1.165) is 27.4 Å². The molecule has 0 fully saturated rings. The maximum Gasteiger partial charge on any atom is 0.435 e. The highest BCUT2D eigenvalue weighted by Crippen LogP contribution is 2.48. The Morgan fingerprint density at radius 3 is 2.76 bits per heavy atom. The van der Waals surface area contributed by atoms with Crippen LogP contribution < -0.4 is 5.32 Å². The smallest absolute Gasteiger partial charge is 0.333 e. The molecule has 6 nitrogen and oxygen atoms in total. The first kappa shape index (κ1) is 26.6. The minimum Gasteiger partial charge on any atom is -0.333 e. The fraction of sp³-hybridized carbons (Fsp3) is 0.346. The third kappa shape index (κ3) is 5.04. The van der Waals surface area contributed by atoms with E-state index in [-0.39, 0.29) is 36.2 Å². The lowest BCUT2D eigenvalue weighted by Crippen LogP contribution is -2.37. The second-order valence-electron chi connectivity index (χ2n) is 8.96. The van der Waals surface area contributed by atoms with Crippen LogP contribution in [0.1, 0.15) is 40.1 Å². The van der Waals surface area contributed by atoms with E-state index in [0.29, 0.717) is 16.1 Å². The van der Waals surface area contributed by atoms with Crippen molar-refractivity contribution in [2.24, 2.45) is 7.05 Å². The molecule has 2 aromatic heterocycles. The number of nitrogens with zero attached hydrogens (tertiary/aromatic N) is 4. The maximum absolute atomic E-state index is 15.4. The average molecular weight is 532 g/mol. The molecule has 1 N–H and O–H groups in total. The van der Waals surface area contributed by atoms with Gasteiger partial charge in [0.05, 0.1) is 13.1 Å². The van der Waals surface area contributed by atoms with Crippen LogP contribution in [0.15, 0.2) is 36.5 Å². The SMILES string of the molecule is [C-]#[N+]c1sc2c(c1C)[C@H](c1cccc(F)c1-c1cn(C)nc1C(F)(F)F)CN(C(=O)/C=C/[C@H](C)NC)C2. The zero-order chi connectivity index (χ0) is 27.1. The van der Waals surface area contributed by atoms with Crippen molar-refractivity contribution in [1.29, 1.82) is 0 Å². The van der Waals surface area contributed by atoms with Crippen molar-refractivity contribution >= 4 is 22.2 Å². The predicted octanol–water partition coefficient (Wildman–Crippen LogP) is 5.80. The molecule has 3 aromatic rings. The molecule has 0 unspecified atom stereocenters. The topological polar surface area (TPSA) is 54.5 Å². The highest BCUT2D eigenvalue weighted by atomic mass is 32.1. The van der Waals surface area contributed by atoms with Crippen LogP contribution in [0.4, 0.5) is 22.6 Å². The van der Waals surface area contributed by atoms with Crippen LogP contribution in [0, 0.1) is 19.3 Å². The van der Waals surface area contributed by atoms with E-state index in [9.17, 15) is 18.0 Å². The number of likely N-dealkylation sites (N-methyl/N-ethyl adjacent to an activating group) is 1. The predicted molar refractivity (Wildman–Crippen MR) is 134 cm³/mol. The zero-order valence-electron chi connectivity index (χ0n) is 20.7. The largest absolute Gasteiger partial charge is 0.435 e. The summed E-state index contributed by atoms with van der Waals surface area (Å²) in [4.78, 5) is 19.0. The van der Waals surface area contributed by atoms with Gasteiger partial charge in [-0.05, 0) is 43.7 Å². The summed E-state index contributed by atoms with van der Waals surface area (Å²) < 4.78 is 58.0. The minimum atomic E-state index is -4.79. The van der Waals surface area contributed by atoms with Crippen molar-refractivity contribution in [1.82, 2.24) is 20.0 Å². The molecular formula is C26H25F4N5OS. The normalized spacial score (nSPS) is 16.6. The van der Waals surface area contributed by atoms with Gasteiger partial charge in [-0.3, -0.25) is 9.48 Å². The summed E-state index contributed by atoms with van der Waals surface area (Å²) >= 11 is 1.25. The van der Waals surface area contributed by atoms with Gasteiger partial charge in [-0.25, -0.2) is 9.24 Å². The van der Waals surface area contributed by atoms with Crippen LogP contribution in [0.2, 0.25) is 0 Å². The number of alkyl halides is 3. The van der Waals surface area contributed by atoms with Crippen molar-refractivity contribution in [3.8, 4) is 11.1 Å². The molecule has 0 aliphatic carbocycles. The number of rotatable bonds is 5. The van der Waals surface area contributed by atoms with Crippen molar-refractivity contribution < 1.29 is 22.4 Å². The number of fused-ring (bicyclic) bond motifs is 1. The summed E-state index contributed by atoms with van der Waals surface area (Å²) in [5.41, 5.74) is 0.0119. The van der Waals surface area contributed by atoms with Gasteiger partial charge in [0, 0.05) is 53.8 Å². The molecule has 3 heterocycles. The molecule has 2 atom stereocenters. The summed E-state index contributed by atoms with van der Waals surface area (Å²) in [6, 6.07) is 4.11. The van der Waals surface area contributed by atoms with Crippen LogP contribution in [0.3, 0.4) is 0 Å². The second-order valence-corrected chi connectivity index (χ2v) is 10.0. The third-order valence-electron chi connectivity index (χ3n) is 6.51. The summed E-state index contributed by atoms with van der Waals surface area (Å²) in [5.74, 6) is -1.73. The molecule has 1 aliphatic rings. The molecule has 1 aliphatic heterocycles. The Labute approximate surface area is 216 Å². The van der Waals surface area contributed by atoms with E-state index >= 15 is 4.39 Å². The number of benzene rings is 1. The fourth-order valence-electron chi connectivity index (χ4n) is 4.65. The number of thiophene rings is 1. The molecule has 0 spiro atoms. The van der Waals surface area contributed by atoms with Gasteiger partial charge in [0.15, 0.2) is 5.69 Å². The lowest BCUT2D eigenvalue weighted by atomic mass is 9.82. The molecule has 1 aromatic carbocycles. The van der Waals surface area contributed by atoms with Crippen molar-refractivity contribution in [3.05, 3.63) is 81.0 Å². The molecule has 37 heavy (non-hydrogen) atoms. The second kappa shape index (κ2) is 10.1. The number of nitrogens with one attached hydrogen (secondary N) is 1. The van der Waals surface area contributed by atoms with Gasteiger partial charge in [-0.2, -0.15) is 29.6 Å². The Morgan fingerprint density at radius 1 is 1.38 bits per heavy atom. The first-order valence-electron chi connectivity index (χ1n) is 11.5. The van der Waals surface area contributed by atoms with Crippen LogP contribution in [-0.2, 0) is 24.6 Å². The molecule has 0 saturated heterocycles. The van der Waals surface area contributed by atoms with Gasteiger partial charge >= 0.3 is 6.18 Å². The number of hydrogen-bond donors (Lipinski definition) is 1. The Bertz CT molecular complexity index is 1420. The zero-order valence-corrected chi connectivity index (χ0v) is 21.5. The minimum absolute atomic E-state index is 0.0426. The van der Waals surface area contributed by atoms with Gasteiger partial charge in [0.1, 0.15) is 5.82 Å². The Hall–Kier alpha value is -3.49. The lowest BCUT2D eigenvalue weighted by molar-refractivity contribution is -0.141. The number of aryl methyl sites for hydroxylation is 1. The number of carbonyl (C=O) groups excluding carboxylic acids is 1. The number of hydrogen-bond acceptors (Lipinski definition) is 4. The van der Waals surface area contributed by atoms with Gasteiger partial charge < -0.3 is 10.2 Å². The first-order chi connectivity index (χ1) is 17.5. The van der Waals surface area contributed by atoms with Gasteiger partial charge in [0.25, 0.3) is 0 Å². The van der Waals surface area contributed by atoms with E-state index < -0.39 is 23.6 Å². The Kier molecular flexibility index (Phi) is 7.26. The molecule has 194 valence electrons. The van der Waals surface area contributed by atoms with E-state index in [4.69, 9.17) is 6.57 Å². The summed E-state index contributed by atoms with van der Waals surface area (Å²) in [5, 5.41) is 7.02. The summed E-state index contributed by atoms with van der Waals surface area (Å²) in [7, 11) is 3.12. The van der Waals surface area contributed by atoms with E-state index in [1.165, 1.54) is 30.5 Å². The highest BCUT2D eigenvalue weighted by molar-refractivity contribution is 7.16.